The molecular weight excluding hydrogens is 316 g/mol. The quantitative estimate of drug-likeness (QED) is 0.681. The Morgan fingerprint density at radius 2 is 1.08 bits per heavy atom. The van der Waals surface area contributed by atoms with Crippen molar-refractivity contribution in [3.8, 4) is 0 Å². The zero-order valence-corrected chi connectivity index (χ0v) is 14.5. The highest BCUT2D eigenvalue weighted by Crippen LogP contribution is 2.22. The van der Waals surface area contributed by atoms with E-state index in [1.54, 1.807) is 24.3 Å². The Morgan fingerprint density at radius 1 is 0.625 bits per heavy atom. The van der Waals surface area contributed by atoms with Crippen LogP contribution in [0.25, 0.3) is 0 Å². The van der Waals surface area contributed by atoms with Gasteiger partial charge in [0, 0.05) is 0 Å². The van der Waals surface area contributed by atoms with Crippen LogP contribution in [-0.2, 0) is 22.7 Å². The SMILES string of the molecule is Cc1ccc(S(=O)(=O)c2ccc(CCc3ccccc3)cc2)cc1. The second-order valence-corrected chi connectivity index (χ2v) is 7.90. The minimum atomic E-state index is -3.44. The van der Waals surface area contributed by atoms with E-state index in [0.29, 0.717) is 9.79 Å². The van der Waals surface area contributed by atoms with Crippen LogP contribution in [0.3, 0.4) is 0 Å². The van der Waals surface area contributed by atoms with Crippen LogP contribution in [0, 0.1) is 6.92 Å². The van der Waals surface area contributed by atoms with Crippen LogP contribution in [0.1, 0.15) is 16.7 Å². The van der Waals surface area contributed by atoms with E-state index in [-0.39, 0.29) is 0 Å². The van der Waals surface area contributed by atoms with Crippen molar-refractivity contribution in [2.75, 3.05) is 0 Å². The molecule has 24 heavy (non-hydrogen) atoms. The summed E-state index contributed by atoms with van der Waals surface area (Å²) in [6, 6.07) is 24.5. The van der Waals surface area contributed by atoms with Crippen LogP contribution in [-0.4, -0.2) is 8.42 Å². The monoisotopic (exact) mass is 336 g/mol. The van der Waals surface area contributed by atoms with E-state index in [9.17, 15) is 8.42 Å². The number of hydrogen-bond donors (Lipinski definition) is 0. The molecule has 3 heteroatoms. The first-order valence-corrected chi connectivity index (χ1v) is 9.49. The third kappa shape index (κ3) is 3.74. The maximum absolute atomic E-state index is 12.6. The minimum absolute atomic E-state index is 0.338. The number of hydrogen-bond acceptors (Lipinski definition) is 2. The van der Waals surface area contributed by atoms with E-state index < -0.39 is 9.84 Å². The summed E-state index contributed by atoms with van der Waals surface area (Å²) in [6.07, 6.45) is 1.85. The van der Waals surface area contributed by atoms with E-state index in [4.69, 9.17) is 0 Å². The van der Waals surface area contributed by atoms with Gasteiger partial charge in [-0.05, 0) is 55.2 Å². The van der Waals surface area contributed by atoms with Crippen molar-refractivity contribution >= 4 is 9.84 Å². The lowest BCUT2D eigenvalue weighted by atomic mass is 10.0. The van der Waals surface area contributed by atoms with Gasteiger partial charge in [-0.1, -0.05) is 60.2 Å². The van der Waals surface area contributed by atoms with Crippen LogP contribution in [0.5, 0.6) is 0 Å². The Kier molecular flexibility index (Phi) is 4.81. The van der Waals surface area contributed by atoms with E-state index in [1.165, 1.54) is 5.56 Å². The molecule has 3 rings (SSSR count). The summed E-state index contributed by atoms with van der Waals surface area (Å²) < 4.78 is 25.3. The highest BCUT2D eigenvalue weighted by molar-refractivity contribution is 7.91. The van der Waals surface area contributed by atoms with Crippen molar-refractivity contribution in [2.45, 2.75) is 29.6 Å². The summed E-state index contributed by atoms with van der Waals surface area (Å²) in [5.41, 5.74) is 3.47. The Balaban J connectivity index is 1.75. The largest absolute Gasteiger partial charge is 0.219 e. The molecule has 0 bridgehead atoms. The topological polar surface area (TPSA) is 34.1 Å². The zero-order chi connectivity index (χ0) is 17.0. The van der Waals surface area contributed by atoms with E-state index in [2.05, 4.69) is 12.1 Å². The first-order chi connectivity index (χ1) is 11.6. The highest BCUT2D eigenvalue weighted by atomic mass is 32.2. The number of rotatable bonds is 5. The third-order valence-corrected chi connectivity index (χ3v) is 5.90. The van der Waals surface area contributed by atoms with Crippen molar-refractivity contribution in [3.63, 3.8) is 0 Å². The lowest BCUT2D eigenvalue weighted by Gasteiger charge is -2.07. The number of benzene rings is 3. The Bertz CT molecular complexity index is 894. The van der Waals surface area contributed by atoms with Crippen LogP contribution in [0.4, 0.5) is 0 Å². The second kappa shape index (κ2) is 7.02. The van der Waals surface area contributed by atoms with Crippen LogP contribution >= 0.6 is 0 Å². The molecule has 0 saturated carbocycles. The van der Waals surface area contributed by atoms with Crippen LogP contribution < -0.4 is 0 Å². The molecule has 122 valence electrons. The molecule has 0 N–H and O–H groups in total. The van der Waals surface area contributed by atoms with Crippen LogP contribution in [0.2, 0.25) is 0 Å². The van der Waals surface area contributed by atoms with Crippen molar-refractivity contribution in [3.05, 3.63) is 95.6 Å². The summed E-state index contributed by atoms with van der Waals surface area (Å²) >= 11 is 0. The van der Waals surface area contributed by atoms with Gasteiger partial charge in [-0.15, -0.1) is 0 Å². The van der Waals surface area contributed by atoms with Gasteiger partial charge in [0.15, 0.2) is 0 Å². The van der Waals surface area contributed by atoms with Gasteiger partial charge in [0.05, 0.1) is 9.79 Å². The predicted molar refractivity (Wildman–Crippen MR) is 96.9 cm³/mol. The van der Waals surface area contributed by atoms with Gasteiger partial charge in [-0.25, -0.2) is 8.42 Å². The lowest BCUT2D eigenvalue weighted by Crippen LogP contribution is -2.02. The van der Waals surface area contributed by atoms with E-state index in [0.717, 1.165) is 24.0 Å². The average Bonchev–Trinajstić information content (AvgIpc) is 2.61. The molecule has 0 radical (unpaired) electrons. The van der Waals surface area contributed by atoms with Crippen molar-refractivity contribution in [1.82, 2.24) is 0 Å². The van der Waals surface area contributed by atoms with Gasteiger partial charge in [0.1, 0.15) is 0 Å². The first-order valence-electron chi connectivity index (χ1n) is 8.00. The molecule has 3 aromatic rings. The van der Waals surface area contributed by atoms with Crippen molar-refractivity contribution in [2.24, 2.45) is 0 Å². The van der Waals surface area contributed by atoms with Crippen LogP contribution in [0.15, 0.2) is 88.7 Å². The van der Waals surface area contributed by atoms with Gasteiger partial charge in [0.25, 0.3) is 0 Å². The molecule has 0 atom stereocenters. The molecule has 0 amide bonds. The van der Waals surface area contributed by atoms with Gasteiger partial charge in [0.2, 0.25) is 9.84 Å². The van der Waals surface area contributed by atoms with E-state index in [1.807, 2.05) is 49.4 Å². The summed E-state index contributed by atoms with van der Waals surface area (Å²) in [6.45, 7) is 1.94. The summed E-state index contributed by atoms with van der Waals surface area (Å²) in [7, 11) is -3.44. The fourth-order valence-electron chi connectivity index (χ4n) is 2.62. The molecule has 0 aliphatic carbocycles. The Labute approximate surface area is 143 Å². The van der Waals surface area contributed by atoms with Crippen molar-refractivity contribution in [1.29, 1.82) is 0 Å². The Morgan fingerprint density at radius 3 is 1.62 bits per heavy atom. The molecule has 0 fully saturated rings. The smallest absolute Gasteiger partial charge is 0.206 e. The lowest BCUT2D eigenvalue weighted by molar-refractivity contribution is 0.596. The third-order valence-electron chi connectivity index (χ3n) is 4.11. The maximum Gasteiger partial charge on any atom is 0.206 e. The minimum Gasteiger partial charge on any atom is -0.219 e. The van der Waals surface area contributed by atoms with E-state index >= 15 is 0 Å². The molecule has 0 aromatic heterocycles. The van der Waals surface area contributed by atoms with Gasteiger partial charge >= 0.3 is 0 Å². The fourth-order valence-corrected chi connectivity index (χ4v) is 3.88. The molecule has 2 nitrogen and oxygen atoms in total. The summed E-state index contributed by atoms with van der Waals surface area (Å²) in [4.78, 5) is 0.681. The average molecular weight is 336 g/mol. The molecule has 3 aromatic carbocycles. The fraction of sp³-hybridized carbons (Fsp3) is 0.143. The summed E-state index contributed by atoms with van der Waals surface area (Å²) in [5, 5.41) is 0. The van der Waals surface area contributed by atoms with Gasteiger partial charge in [-0.2, -0.15) is 0 Å². The predicted octanol–water partition coefficient (Wildman–Crippen LogP) is 4.61. The molecule has 0 aliphatic rings. The standard InChI is InChI=1S/C21H20O2S/c1-17-7-13-20(14-8-17)24(22,23)21-15-11-19(12-16-21)10-9-18-5-3-2-4-6-18/h2-8,11-16H,9-10H2,1H3. The Hall–Kier alpha value is -2.39. The number of aryl methyl sites for hydroxylation is 3. The number of sulfone groups is 1. The highest BCUT2D eigenvalue weighted by Gasteiger charge is 2.17. The molecule has 0 spiro atoms. The molecular formula is C21H20O2S. The van der Waals surface area contributed by atoms with Crippen molar-refractivity contribution < 1.29 is 8.42 Å². The maximum atomic E-state index is 12.6. The molecule has 0 aliphatic heterocycles. The molecule has 0 heterocycles. The second-order valence-electron chi connectivity index (χ2n) is 5.95. The van der Waals surface area contributed by atoms with Gasteiger partial charge in [-0.3, -0.25) is 0 Å². The first kappa shape index (κ1) is 16.5. The zero-order valence-electron chi connectivity index (χ0n) is 13.6. The molecule has 0 saturated heterocycles. The van der Waals surface area contributed by atoms with Gasteiger partial charge < -0.3 is 0 Å². The summed E-state index contributed by atoms with van der Waals surface area (Å²) in [5.74, 6) is 0. The molecule has 0 unspecified atom stereocenters. The normalized spacial score (nSPS) is 11.4.